The Balaban J connectivity index is 2.31. The number of halogens is 2. The minimum Gasteiger partial charge on any atom is -0.369 e. The second-order valence-electron chi connectivity index (χ2n) is 4.65. The van der Waals surface area contributed by atoms with E-state index in [1.54, 1.807) is 6.07 Å². The van der Waals surface area contributed by atoms with E-state index in [-0.39, 0.29) is 0 Å². The highest BCUT2D eigenvalue weighted by Gasteiger charge is 2.14. The molecule has 0 aliphatic rings. The third-order valence-electron chi connectivity index (χ3n) is 3.15. The van der Waals surface area contributed by atoms with Gasteiger partial charge >= 0.3 is 0 Å². The first-order valence-electron chi connectivity index (χ1n) is 7.04. The fraction of sp³-hybridized carbons (Fsp3) is 0.312. The molecule has 1 aromatic carbocycles. The largest absolute Gasteiger partial charge is 0.369 e. The van der Waals surface area contributed by atoms with E-state index in [4.69, 9.17) is 23.2 Å². The predicted molar refractivity (Wildman–Crippen MR) is 91.6 cm³/mol. The second-order valence-corrected chi connectivity index (χ2v) is 5.47. The lowest BCUT2D eigenvalue weighted by molar-refractivity contribution is 0.814. The molecule has 0 amide bonds. The van der Waals surface area contributed by atoms with Crippen LogP contribution in [0.5, 0.6) is 0 Å². The highest BCUT2D eigenvalue weighted by Crippen LogP contribution is 2.32. The topological polar surface area (TPSA) is 28.2 Å². The van der Waals surface area contributed by atoms with Gasteiger partial charge < -0.3 is 10.2 Å². The fourth-order valence-corrected chi connectivity index (χ4v) is 2.66. The summed E-state index contributed by atoms with van der Waals surface area (Å²) >= 11 is 12.5. The molecule has 0 spiro atoms. The van der Waals surface area contributed by atoms with Gasteiger partial charge in [-0.3, -0.25) is 0 Å². The van der Waals surface area contributed by atoms with Gasteiger partial charge in [-0.15, -0.1) is 0 Å². The van der Waals surface area contributed by atoms with Crippen LogP contribution in [0.3, 0.4) is 0 Å². The molecule has 0 bridgehead atoms. The molecule has 0 radical (unpaired) electrons. The third kappa shape index (κ3) is 4.02. The number of pyridine rings is 1. The maximum absolute atomic E-state index is 6.33. The number of aromatic nitrogens is 1. The van der Waals surface area contributed by atoms with Crippen LogP contribution in [0.1, 0.15) is 19.4 Å². The van der Waals surface area contributed by atoms with E-state index in [1.807, 2.05) is 25.1 Å². The second kappa shape index (κ2) is 7.53. The molecule has 112 valence electrons. The Morgan fingerprint density at radius 1 is 1.10 bits per heavy atom. The zero-order valence-electron chi connectivity index (χ0n) is 12.2. The van der Waals surface area contributed by atoms with Crippen molar-refractivity contribution in [3.05, 3.63) is 52.0 Å². The van der Waals surface area contributed by atoms with Crippen molar-refractivity contribution in [2.75, 3.05) is 23.3 Å². The molecule has 1 N–H and O–H groups in total. The van der Waals surface area contributed by atoms with Crippen LogP contribution in [-0.4, -0.2) is 18.1 Å². The van der Waals surface area contributed by atoms with Crippen molar-refractivity contribution in [2.24, 2.45) is 0 Å². The normalized spacial score (nSPS) is 10.5. The Morgan fingerprint density at radius 2 is 1.81 bits per heavy atom. The van der Waals surface area contributed by atoms with Gasteiger partial charge in [-0.05, 0) is 25.5 Å². The Kier molecular flexibility index (Phi) is 5.71. The highest BCUT2D eigenvalue weighted by atomic mass is 35.5. The molecule has 21 heavy (non-hydrogen) atoms. The quantitative estimate of drug-likeness (QED) is 0.823. The minimum atomic E-state index is 0.543. The summed E-state index contributed by atoms with van der Waals surface area (Å²) in [5.41, 5.74) is 1.22. The zero-order chi connectivity index (χ0) is 15.2. The molecule has 0 aliphatic carbocycles. The third-order valence-corrected chi connectivity index (χ3v) is 3.72. The summed E-state index contributed by atoms with van der Waals surface area (Å²) in [6, 6.07) is 12.0. The Morgan fingerprint density at radius 3 is 2.43 bits per heavy atom. The standard InChI is InChI=1S/C16H19Cl2N3/c1-3-19-15-13(17)10-14(18)16(20-15)21(4-2)11-12-8-6-5-7-9-12/h5-10H,3-4,11H2,1-2H3,(H,19,20). The molecule has 0 saturated carbocycles. The van der Waals surface area contributed by atoms with Gasteiger partial charge in [0.2, 0.25) is 0 Å². The monoisotopic (exact) mass is 323 g/mol. The summed E-state index contributed by atoms with van der Waals surface area (Å²) in [6.45, 7) is 6.43. The molecule has 0 saturated heterocycles. The Bertz CT molecular complexity index is 588. The lowest BCUT2D eigenvalue weighted by Crippen LogP contribution is -2.24. The van der Waals surface area contributed by atoms with Crippen LogP contribution in [0.25, 0.3) is 0 Å². The van der Waals surface area contributed by atoms with Crippen LogP contribution in [0.15, 0.2) is 36.4 Å². The lowest BCUT2D eigenvalue weighted by Gasteiger charge is -2.24. The van der Waals surface area contributed by atoms with Gasteiger partial charge in [-0.1, -0.05) is 53.5 Å². The molecule has 0 unspecified atom stereocenters. The van der Waals surface area contributed by atoms with Crippen molar-refractivity contribution in [3.63, 3.8) is 0 Å². The van der Waals surface area contributed by atoms with Crippen molar-refractivity contribution in [2.45, 2.75) is 20.4 Å². The number of anilines is 2. The summed E-state index contributed by atoms with van der Waals surface area (Å²) < 4.78 is 0. The van der Waals surface area contributed by atoms with Gasteiger partial charge in [0.15, 0.2) is 0 Å². The number of hydrogen-bond donors (Lipinski definition) is 1. The van der Waals surface area contributed by atoms with Crippen LogP contribution in [-0.2, 0) is 6.54 Å². The molecular formula is C16H19Cl2N3. The van der Waals surface area contributed by atoms with Gasteiger partial charge in [-0.25, -0.2) is 4.98 Å². The molecule has 0 fully saturated rings. The first-order valence-corrected chi connectivity index (χ1v) is 7.80. The Hall–Kier alpha value is -1.45. The smallest absolute Gasteiger partial charge is 0.150 e. The first kappa shape index (κ1) is 15.9. The van der Waals surface area contributed by atoms with Crippen LogP contribution < -0.4 is 10.2 Å². The molecule has 3 nitrogen and oxygen atoms in total. The van der Waals surface area contributed by atoms with E-state index in [1.165, 1.54) is 5.56 Å². The molecule has 1 heterocycles. The van der Waals surface area contributed by atoms with E-state index >= 15 is 0 Å². The number of rotatable bonds is 6. The van der Waals surface area contributed by atoms with E-state index < -0.39 is 0 Å². The van der Waals surface area contributed by atoms with E-state index in [0.29, 0.717) is 15.9 Å². The summed E-state index contributed by atoms with van der Waals surface area (Å²) in [5.74, 6) is 1.42. The number of hydrogen-bond acceptors (Lipinski definition) is 3. The van der Waals surface area contributed by atoms with Crippen molar-refractivity contribution >= 4 is 34.8 Å². The molecule has 2 aromatic rings. The zero-order valence-corrected chi connectivity index (χ0v) is 13.7. The average Bonchev–Trinajstić information content (AvgIpc) is 2.49. The summed E-state index contributed by atoms with van der Waals surface area (Å²) in [7, 11) is 0. The molecule has 0 aliphatic heterocycles. The highest BCUT2D eigenvalue weighted by molar-refractivity contribution is 6.37. The van der Waals surface area contributed by atoms with Gasteiger partial charge in [-0.2, -0.15) is 0 Å². The fourth-order valence-electron chi connectivity index (χ4n) is 2.11. The van der Waals surface area contributed by atoms with Gasteiger partial charge in [0, 0.05) is 19.6 Å². The Labute approximate surface area is 135 Å². The molecule has 5 heteroatoms. The number of nitrogens with zero attached hydrogens (tertiary/aromatic N) is 2. The summed E-state index contributed by atoms with van der Waals surface area (Å²) in [6.07, 6.45) is 0. The van der Waals surface area contributed by atoms with Crippen molar-refractivity contribution in [1.29, 1.82) is 0 Å². The van der Waals surface area contributed by atoms with Crippen molar-refractivity contribution in [3.8, 4) is 0 Å². The molecule has 0 atom stereocenters. The SMILES string of the molecule is CCNc1nc(N(CC)Cc2ccccc2)c(Cl)cc1Cl. The molecule has 1 aromatic heterocycles. The van der Waals surface area contributed by atoms with Gasteiger partial charge in [0.1, 0.15) is 11.6 Å². The van der Waals surface area contributed by atoms with Crippen molar-refractivity contribution < 1.29 is 0 Å². The molecular weight excluding hydrogens is 305 g/mol. The first-order chi connectivity index (χ1) is 10.2. The van der Waals surface area contributed by atoms with E-state index in [2.05, 4.69) is 34.3 Å². The van der Waals surface area contributed by atoms with Gasteiger partial charge in [0.05, 0.1) is 10.0 Å². The maximum Gasteiger partial charge on any atom is 0.150 e. The summed E-state index contributed by atoms with van der Waals surface area (Å²) in [4.78, 5) is 6.71. The van der Waals surface area contributed by atoms with Crippen LogP contribution >= 0.6 is 23.2 Å². The van der Waals surface area contributed by atoms with Crippen LogP contribution in [0, 0.1) is 0 Å². The summed E-state index contributed by atoms with van der Waals surface area (Å²) in [5, 5.41) is 4.27. The van der Waals surface area contributed by atoms with E-state index in [9.17, 15) is 0 Å². The van der Waals surface area contributed by atoms with E-state index in [0.717, 1.165) is 25.5 Å². The minimum absolute atomic E-state index is 0.543. The van der Waals surface area contributed by atoms with Crippen molar-refractivity contribution in [1.82, 2.24) is 4.98 Å². The van der Waals surface area contributed by atoms with Crippen LogP contribution in [0.4, 0.5) is 11.6 Å². The molecule has 2 rings (SSSR count). The average molecular weight is 324 g/mol. The lowest BCUT2D eigenvalue weighted by atomic mass is 10.2. The van der Waals surface area contributed by atoms with Gasteiger partial charge in [0.25, 0.3) is 0 Å². The predicted octanol–water partition coefficient (Wildman–Crippen LogP) is 4.85. The number of nitrogens with one attached hydrogen (secondary N) is 1. The maximum atomic E-state index is 6.33. The number of benzene rings is 1. The van der Waals surface area contributed by atoms with Crippen LogP contribution in [0.2, 0.25) is 10.0 Å².